The molecule has 17 heavy (non-hydrogen) atoms. The summed E-state index contributed by atoms with van der Waals surface area (Å²) >= 11 is 5.90. The van der Waals surface area contributed by atoms with Crippen LogP contribution in [0.4, 0.5) is 5.82 Å². The van der Waals surface area contributed by atoms with Crippen LogP contribution in [0.25, 0.3) is 0 Å². The number of hydrogen-bond donors (Lipinski definition) is 0. The van der Waals surface area contributed by atoms with Crippen LogP contribution in [0.15, 0.2) is 12.1 Å². The molecule has 94 valence electrons. The molecule has 0 spiro atoms. The van der Waals surface area contributed by atoms with E-state index in [1.54, 1.807) is 0 Å². The summed E-state index contributed by atoms with van der Waals surface area (Å²) in [6.45, 7) is 3.15. The van der Waals surface area contributed by atoms with Gasteiger partial charge in [-0.05, 0) is 43.4 Å². The van der Waals surface area contributed by atoms with Gasteiger partial charge in [0.2, 0.25) is 0 Å². The maximum Gasteiger partial charge on any atom is 0.128 e. The Morgan fingerprint density at radius 2 is 2.06 bits per heavy atom. The summed E-state index contributed by atoms with van der Waals surface area (Å²) in [5.41, 5.74) is 2.21. The zero-order valence-corrected chi connectivity index (χ0v) is 11.5. The van der Waals surface area contributed by atoms with Gasteiger partial charge in [-0.15, -0.1) is 11.6 Å². The number of nitrogens with zero attached hydrogens (tertiary/aromatic N) is 2. The van der Waals surface area contributed by atoms with Crippen molar-refractivity contribution in [1.29, 1.82) is 0 Å². The average molecular weight is 253 g/mol. The van der Waals surface area contributed by atoms with E-state index in [1.165, 1.54) is 25.7 Å². The number of halogens is 1. The first kappa shape index (κ1) is 12.7. The molecule has 3 heteroatoms. The Hall–Kier alpha value is -0.760. The van der Waals surface area contributed by atoms with Gasteiger partial charge in [0.25, 0.3) is 0 Å². The van der Waals surface area contributed by atoms with Gasteiger partial charge in [-0.25, -0.2) is 4.98 Å². The van der Waals surface area contributed by atoms with Gasteiger partial charge in [-0.3, -0.25) is 0 Å². The molecule has 1 heterocycles. The van der Waals surface area contributed by atoms with E-state index in [4.69, 9.17) is 11.6 Å². The van der Waals surface area contributed by atoms with E-state index in [9.17, 15) is 0 Å². The van der Waals surface area contributed by atoms with Crippen LogP contribution in [0.2, 0.25) is 0 Å². The maximum atomic E-state index is 5.90. The van der Waals surface area contributed by atoms with Crippen LogP contribution in [-0.4, -0.2) is 18.6 Å². The molecule has 0 unspecified atom stereocenters. The highest BCUT2D eigenvalue weighted by Crippen LogP contribution is 2.26. The van der Waals surface area contributed by atoms with Crippen molar-refractivity contribution in [2.75, 3.05) is 18.5 Å². The van der Waals surface area contributed by atoms with Crippen LogP contribution in [-0.2, 0) is 5.88 Å². The molecule has 1 aromatic rings. The molecule has 2 rings (SSSR count). The quantitative estimate of drug-likeness (QED) is 0.759. The van der Waals surface area contributed by atoms with E-state index in [1.807, 2.05) is 6.92 Å². The number of rotatable bonds is 4. The Labute approximate surface area is 109 Å². The Balaban J connectivity index is 2.06. The third-order valence-electron chi connectivity index (χ3n) is 3.55. The first-order chi connectivity index (χ1) is 8.19. The van der Waals surface area contributed by atoms with Crippen molar-refractivity contribution in [2.24, 2.45) is 5.92 Å². The van der Waals surface area contributed by atoms with Crippen molar-refractivity contribution in [3.63, 3.8) is 0 Å². The van der Waals surface area contributed by atoms with Crippen molar-refractivity contribution in [3.8, 4) is 0 Å². The Morgan fingerprint density at radius 3 is 2.71 bits per heavy atom. The SMILES string of the molecule is Cc1cc(CCl)cc(N(C)CC2CCCC2)n1. The molecule has 2 nitrogen and oxygen atoms in total. The summed E-state index contributed by atoms with van der Waals surface area (Å²) in [5, 5.41) is 0. The minimum atomic E-state index is 0.563. The second-order valence-electron chi connectivity index (χ2n) is 5.14. The molecule has 1 aliphatic rings. The van der Waals surface area contributed by atoms with Gasteiger partial charge in [-0.1, -0.05) is 12.8 Å². The number of pyridine rings is 1. The lowest BCUT2D eigenvalue weighted by molar-refractivity contribution is 0.545. The molecule has 1 aromatic heterocycles. The smallest absolute Gasteiger partial charge is 0.128 e. The van der Waals surface area contributed by atoms with Crippen LogP contribution < -0.4 is 4.90 Å². The molecule has 0 amide bonds. The fourth-order valence-corrected chi connectivity index (χ4v) is 2.82. The first-order valence-corrected chi connectivity index (χ1v) is 6.97. The number of alkyl halides is 1. The Bertz CT molecular complexity index is 372. The van der Waals surface area contributed by atoms with Crippen LogP contribution >= 0.6 is 11.6 Å². The van der Waals surface area contributed by atoms with Gasteiger partial charge in [-0.2, -0.15) is 0 Å². The second-order valence-corrected chi connectivity index (χ2v) is 5.41. The van der Waals surface area contributed by atoms with E-state index in [0.717, 1.165) is 29.5 Å². The van der Waals surface area contributed by atoms with Crippen molar-refractivity contribution in [1.82, 2.24) is 4.98 Å². The lowest BCUT2D eigenvalue weighted by Crippen LogP contribution is -2.25. The zero-order valence-electron chi connectivity index (χ0n) is 10.7. The Morgan fingerprint density at radius 1 is 1.35 bits per heavy atom. The van der Waals surface area contributed by atoms with Crippen LogP contribution in [0, 0.1) is 12.8 Å². The molecule has 1 aliphatic carbocycles. The number of anilines is 1. The third kappa shape index (κ3) is 3.35. The highest BCUT2D eigenvalue weighted by atomic mass is 35.5. The van der Waals surface area contributed by atoms with Gasteiger partial charge < -0.3 is 4.90 Å². The molecule has 0 bridgehead atoms. The summed E-state index contributed by atoms with van der Waals surface area (Å²) < 4.78 is 0. The predicted molar refractivity (Wildman–Crippen MR) is 73.8 cm³/mol. The standard InChI is InChI=1S/C14H21ClN2/c1-11-7-13(9-15)8-14(16-11)17(2)10-12-5-3-4-6-12/h7-8,12H,3-6,9-10H2,1-2H3. The summed E-state index contributed by atoms with van der Waals surface area (Å²) in [6, 6.07) is 4.16. The zero-order chi connectivity index (χ0) is 12.3. The molecule has 0 N–H and O–H groups in total. The molecule has 0 saturated heterocycles. The minimum absolute atomic E-state index is 0.563. The molecule has 0 radical (unpaired) electrons. The predicted octanol–water partition coefficient (Wildman–Crippen LogP) is 3.76. The topological polar surface area (TPSA) is 16.1 Å². The molecule has 0 aliphatic heterocycles. The first-order valence-electron chi connectivity index (χ1n) is 6.43. The lowest BCUT2D eigenvalue weighted by Gasteiger charge is -2.22. The summed E-state index contributed by atoms with van der Waals surface area (Å²) in [4.78, 5) is 6.87. The average Bonchev–Trinajstić information content (AvgIpc) is 2.81. The van der Waals surface area contributed by atoms with E-state index in [-0.39, 0.29) is 0 Å². The van der Waals surface area contributed by atoms with Crippen molar-refractivity contribution in [3.05, 3.63) is 23.4 Å². The monoisotopic (exact) mass is 252 g/mol. The fraction of sp³-hybridized carbons (Fsp3) is 0.643. The number of aromatic nitrogens is 1. The van der Waals surface area contributed by atoms with Gasteiger partial charge >= 0.3 is 0 Å². The largest absolute Gasteiger partial charge is 0.359 e. The van der Waals surface area contributed by atoms with E-state index in [2.05, 4.69) is 29.1 Å². The van der Waals surface area contributed by atoms with Crippen molar-refractivity contribution in [2.45, 2.75) is 38.5 Å². The maximum absolute atomic E-state index is 5.90. The summed E-state index contributed by atoms with van der Waals surface area (Å²) in [6.07, 6.45) is 5.54. The molecule has 0 atom stereocenters. The van der Waals surface area contributed by atoms with Crippen LogP contribution in [0.5, 0.6) is 0 Å². The molecule has 1 saturated carbocycles. The third-order valence-corrected chi connectivity index (χ3v) is 3.86. The van der Waals surface area contributed by atoms with E-state index < -0.39 is 0 Å². The lowest BCUT2D eigenvalue weighted by atomic mass is 10.1. The van der Waals surface area contributed by atoms with Crippen molar-refractivity contribution >= 4 is 17.4 Å². The number of hydrogen-bond acceptors (Lipinski definition) is 2. The highest BCUT2D eigenvalue weighted by Gasteiger charge is 2.17. The molecular weight excluding hydrogens is 232 g/mol. The molecular formula is C14H21ClN2. The summed E-state index contributed by atoms with van der Waals surface area (Å²) in [7, 11) is 2.14. The van der Waals surface area contributed by atoms with Gasteiger partial charge in [0.05, 0.1) is 0 Å². The van der Waals surface area contributed by atoms with E-state index >= 15 is 0 Å². The van der Waals surface area contributed by atoms with Crippen LogP contribution in [0.1, 0.15) is 36.9 Å². The van der Waals surface area contributed by atoms with Crippen molar-refractivity contribution < 1.29 is 0 Å². The number of aryl methyl sites for hydroxylation is 1. The van der Waals surface area contributed by atoms with Gasteiger partial charge in [0.1, 0.15) is 5.82 Å². The van der Waals surface area contributed by atoms with E-state index in [0.29, 0.717) is 5.88 Å². The Kier molecular flexibility index (Phi) is 4.27. The minimum Gasteiger partial charge on any atom is -0.359 e. The van der Waals surface area contributed by atoms with Crippen LogP contribution in [0.3, 0.4) is 0 Å². The fourth-order valence-electron chi connectivity index (χ4n) is 2.67. The molecule has 0 aromatic carbocycles. The highest BCUT2D eigenvalue weighted by molar-refractivity contribution is 6.17. The molecule has 1 fully saturated rings. The second kappa shape index (κ2) is 5.72. The summed E-state index contributed by atoms with van der Waals surface area (Å²) in [5.74, 6) is 2.47. The normalized spacial score (nSPS) is 16.4. The van der Waals surface area contributed by atoms with Gasteiger partial charge in [0, 0.05) is 25.2 Å². The van der Waals surface area contributed by atoms with Gasteiger partial charge in [0.15, 0.2) is 0 Å².